The smallest absolute Gasteiger partial charge is 0.462 e. The zero-order valence-corrected chi connectivity index (χ0v) is 57.0. The molecule has 0 aliphatic rings. The summed E-state index contributed by atoms with van der Waals surface area (Å²) < 4.78 is 68.0. The fourth-order valence-corrected chi connectivity index (χ4v) is 11.3. The summed E-state index contributed by atoms with van der Waals surface area (Å²) in [5.74, 6) is 0.758. The lowest BCUT2D eigenvalue weighted by Crippen LogP contribution is -2.30. The van der Waals surface area contributed by atoms with Gasteiger partial charge in [-0.15, -0.1) is 0 Å². The minimum atomic E-state index is -4.95. The molecule has 0 aromatic rings. The molecule has 0 heterocycles. The Morgan fingerprint density at radius 2 is 0.565 bits per heavy atom. The van der Waals surface area contributed by atoms with Crippen molar-refractivity contribution in [3.63, 3.8) is 0 Å². The highest BCUT2D eigenvalue weighted by Crippen LogP contribution is 2.45. The SMILES string of the molecule is CCC(C)CCCCCCCCCCC(=O)O[C@H](COC(=O)CCCCCCCCC(C)C)COP(=O)(O)OC[C@H](O)COP(=O)(O)OC[C@@H](COC(=O)CCCCCCCCCCCCCCC(C)C)OC(=O)CCCCCCCCC(C)C. The Kier molecular flexibility index (Phi) is 54.8. The van der Waals surface area contributed by atoms with Gasteiger partial charge in [0.25, 0.3) is 0 Å². The maximum atomic E-state index is 13.0. The first-order valence-electron chi connectivity index (χ1n) is 34.2. The Balaban J connectivity index is 5.21. The Labute approximate surface area is 517 Å². The summed E-state index contributed by atoms with van der Waals surface area (Å²) in [5.41, 5.74) is 0. The van der Waals surface area contributed by atoms with Gasteiger partial charge in [-0.25, -0.2) is 9.13 Å². The molecule has 3 N–H and O–H groups in total. The topological polar surface area (TPSA) is 237 Å². The molecule has 0 saturated carbocycles. The number of ether oxygens (including phenoxy) is 4. The predicted octanol–water partition coefficient (Wildman–Crippen LogP) is 18.1. The van der Waals surface area contributed by atoms with E-state index in [1.54, 1.807) is 0 Å². The predicted molar refractivity (Wildman–Crippen MR) is 340 cm³/mol. The lowest BCUT2D eigenvalue weighted by atomic mass is 9.99. The van der Waals surface area contributed by atoms with Crippen LogP contribution in [0.3, 0.4) is 0 Å². The molecule has 0 amide bonds. The van der Waals surface area contributed by atoms with Gasteiger partial charge in [-0.1, -0.05) is 267 Å². The van der Waals surface area contributed by atoms with Gasteiger partial charge in [0.05, 0.1) is 26.4 Å². The van der Waals surface area contributed by atoms with Crippen molar-refractivity contribution < 1.29 is 80.2 Å². The highest BCUT2D eigenvalue weighted by molar-refractivity contribution is 7.47. The number of carbonyl (C=O) groups excluding carboxylic acids is 4. The minimum absolute atomic E-state index is 0.101. The first kappa shape index (κ1) is 83.1. The molecular formula is C66H128O17P2. The van der Waals surface area contributed by atoms with Gasteiger partial charge in [-0.2, -0.15) is 0 Å². The molecule has 0 spiro atoms. The summed E-state index contributed by atoms with van der Waals surface area (Å²) >= 11 is 0. The number of esters is 4. The van der Waals surface area contributed by atoms with Crippen molar-refractivity contribution in [3.05, 3.63) is 0 Å². The van der Waals surface area contributed by atoms with Crippen LogP contribution in [-0.4, -0.2) is 96.7 Å². The molecule has 6 atom stereocenters. The quantitative estimate of drug-likeness (QED) is 0.0222. The average Bonchev–Trinajstić information content (AvgIpc) is 3.54. The summed E-state index contributed by atoms with van der Waals surface area (Å²) in [4.78, 5) is 72.3. The molecule has 0 saturated heterocycles. The number of phosphoric ester groups is 2. The van der Waals surface area contributed by atoms with Crippen LogP contribution in [-0.2, 0) is 65.4 Å². The van der Waals surface area contributed by atoms with Gasteiger partial charge in [0.15, 0.2) is 12.2 Å². The second-order valence-electron chi connectivity index (χ2n) is 25.5. The van der Waals surface area contributed by atoms with Gasteiger partial charge in [0.2, 0.25) is 0 Å². The lowest BCUT2D eigenvalue weighted by molar-refractivity contribution is -0.161. The van der Waals surface area contributed by atoms with Crippen LogP contribution >= 0.6 is 15.6 Å². The molecule has 0 radical (unpaired) electrons. The van der Waals surface area contributed by atoms with Gasteiger partial charge in [-0.05, 0) is 49.4 Å². The Morgan fingerprint density at radius 3 is 0.835 bits per heavy atom. The van der Waals surface area contributed by atoms with Crippen LogP contribution in [0, 0.1) is 23.7 Å². The summed E-state index contributed by atoms with van der Waals surface area (Å²) in [5, 5.41) is 10.5. The van der Waals surface area contributed by atoms with Crippen LogP contribution in [0.25, 0.3) is 0 Å². The van der Waals surface area contributed by atoms with Crippen molar-refractivity contribution in [2.75, 3.05) is 39.6 Å². The number of phosphoric acid groups is 2. The number of aliphatic hydroxyl groups is 1. The molecule has 0 aliphatic heterocycles. The van der Waals surface area contributed by atoms with Crippen LogP contribution in [0.4, 0.5) is 0 Å². The van der Waals surface area contributed by atoms with E-state index in [1.807, 2.05) is 0 Å². The normalized spacial score (nSPS) is 14.7. The van der Waals surface area contributed by atoms with Gasteiger partial charge in [-0.3, -0.25) is 37.3 Å². The molecule has 0 aliphatic carbocycles. The third-order valence-corrected chi connectivity index (χ3v) is 17.3. The first-order valence-corrected chi connectivity index (χ1v) is 37.2. The Hall–Kier alpha value is -1.94. The molecule has 504 valence electrons. The van der Waals surface area contributed by atoms with E-state index in [4.69, 9.17) is 37.0 Å². The summed E-state index contributed by atoms with van der Waals surface area (Å²) in [6, 6.07) is 0. The van der Waals surface area contributed by atoms with Gasteiger partial charge >= 0.3 is 39.5 Å². The van der Waals surface area contributed by atoms with E-state index in [2.05, 4.69) is 55.4 Å². The summed E-state index contributed by atoms with van der Waals surface area (Å²) in [6.07, 6.45) is 36.5. The fourth-order valence-electron chi connectivity index (χ4n) is 9.75. The van der Waals surface area contributed by atoms with E-state index < -0.39 is 97.5 Å². The van der Waals surface area contributed by atoms with Crippen molar-refractivity contribution in [1.29, 1.82) is 0 Å². The molecule has 0 rings (SSSR count). The van der Waals surface area contributed by atoms with Crippen molar-refractivity contribution >= 4 is 39.5 Å². The Bertz CT molecular complexity index is 1700. The molecular weight excluding hydrogens is 1130 g/mol. The van der Waals surface area contributed by atoms with E-state index in [0.717, 1.165) is 108 Å². The maximum Gasteiger partial charge on any atom is 0.472 e. The summed E-state index contributed by atoms with van der Waals surface area (Å²) in [7, 11) is -9.89. The molecule has 19 heteroatoms. The molecule has 3 unspecified atom stereocenters. The van der Waals surface area contributed by atoms with Gasteiger partial charge in [0.1, 0.15) is 19.3 Å². The van der Waals surface area contributed by atoms with Gasteiger partial charge in [0, 0.05) is 25.7 Å². The average molecular weight is 1260 g/mol. The number of rotatable bonds is 63. The van der Waals surface area contributed by atoms with E-state index in [9.17, 15) is 43.2 Å². The number of aliphatic hydroxyl groups excluding tert-OH is 1. The largest absolute Gasteiger partial charge is 0.472 e. The molecule has 0 bridgehead atoms. The van der Waals surface area contributed by atoms with Crippen molar-refractivity contribution in [3.8, 4) is 0 Å². The van der Waals surface area contributed by atoms with E-state index in [-0.39, 0.29) is 25.7 Å². The maximum absolute atomic E-state index is 13.0. The molecule has 0 aromatic carbocycles. The van der Waals surface area contributed by atoms with E-state index >= 15 is 0 Å². The number of carbonyl (C=O) groups is 4. The fraction of sp³-hybridized carbons (Fsp3) is 0.939. The number of hydrogen-bond donors (Lipinski definition) is 3. The molecule has 0 fully saturated rings. The Morgan fingerprint density at radius 1 is 0.329 bits per heavy atom. The van der Waals surface area contributed by atoms with Crippen molar-refractivity contribution in [2.24, 2.45) is 23.7 Å². The zero-order chi connectivity index (χ0) is 63.2. The van der Waals surface area contributed by atoms with Crippen LogP contribution in [0.1, 0.15) is 319 Å². The number of hydrogen-bond acceptors (Lipinski definition) is 15. The van der Waals surface area contributed by atoms with E-state index in [1.165, 1.54) is 116 Å². The third kappa shape index (κ3) is 59.5. The second kappa shape index (κ2) is 56.1. The first-order chi connectivity index (χ1) is 40.6. The molecule has 17 nitrogen and oxygen atoms in total. The molecule has 85 heavy (non-hydrogen) atoms. The summed E-state index contributed by atoms with van der Waals surface area (Å²) in [6.45, 7) is 13.9. The standard InChI is InChI=1S/C66H128O17P2/c1-9-59(8)45-37-29-19-16-17-21-32-40-48-65(70)82-61(53-77-64(69)47-39-31-24-22-27-35-43-57(4)5)54-80-84(72,73)78-50-60(67)51-79-85(74,75)81-55-62(83-66(71)49-41-33-25-23-28-36-44-58(6)7)52-76-63(68)46-38-30-20-15-13-11-10-12-14-18-26-34-42-56(2)3/h56-62,67H,9-55H2,1-8H3,(H,72,73)(H,74,75)/t59?,60-,61+,62+/m0/s1. The van der Waals surface area contributed by atoms with Crippen molar-refractivity contribution in [2.45, 2.75) is 337 Å². The minimum Gasteiger partial charge on any atom is -0.462 e. The molecule has 0 aromatic heterocycles. The number of unbranched alkanes of at least 4 members (excludes halogenated alkanes) is 28. The zero-order valence-electron chi connectivity index (χ0n) is 55.2. The van der Waals surface area contributed by atoms with Crippen LogP contribution in [0.15, 0.2) is 0 Å². The van der Waals surface area contributed by atoms with E-state index in [0.29, 0.717) is 37.5 Å². The van der Waals surface area contributed by atoms with Crippen molar-refractivity contribution in [1.82, 2.24) is 0 Å². The lowest BCUT2D eigenvalue weighted by Gasteiger charge is -2.21. The second-order valence-corrected chi connectivity index (χ2v) is 28.4. The third-order valence-electron chi connectivity index (χ3n) is 15.4. The monoisotopic (exact) mass is 1250 g/mol. The highest BCUT2D eigenvalue weighted by atomic mass is 31.2. The van der Waals surface area contributed by atoms with Crippen LogP contribution in [0.5, 0.6) is 0 Å². The van der Waals surface area contributed by atoms with Gasteiger partial charge < -0.3 is 33.8 Å². The van der Waals surface area contributed by atoms with Crippen LogP contribution < -0.4 is 0 Å². The highest BCUT2D eigenvalue weighted by Gasteiger charge is 2.30. The van der Waals surface area contributed by atoms with Crippen LogP contribution in [0.2, 0.25) is 0 Å².